The Kier molecular flexibility index (Phi) is 3.89. The largest absolute Gasteiger partial charge is 0.462 e. The first-order valence-electron chi connectivity index (χ1n) is 7.29. The van der Waals surface area contributed by atoms with Gasteiger partial charge >= 0.3 is 5.97 Å². The summed E-state index contributed by atoms with van der Waals surface area (Å²) in [5, 5.41) is 0. The Hall–Kier alpha value is -3.01. The van der Waals surface area contributed by atoms with Gasteiger partial charge in [-0.15, -0.1) is 0 Å². The average Bonchev–Trinajstić information content (AvgIpc) is 2.58. The quantitative estimate of drug-likeness (QED) is 0.816. The first kappa shape index (κ1) is 14.9. The summed E-state index contributed by atoms with van der Waals surface area (Å²) in [6, 6.07) is 13.2. The number of ketones is 2. The summed E-state index contributed by atoms with van der Waals surface area (Å²) in [6.45, 7) is 2.04. The van der Waals surface area contributed by atoms with Crippen LogP contribution in [-0.4, -0.2) is 24.1 Å². The minimum Gasteiger partial charge on any atom is -0.462 e. The van der Waals surface area contributed by atoms with Crippen molar-refractivity contribution in [2.45, 2.75) is 6.92 Å². The monoisotopic (exact) mass is 306 g/mol. The molecule has 0 aromatic heterocycles. The zero-order valence-electron chi connectivity index (χ0n) is 12.5. The molecule has 2 aromatic carbocycles. The molecule has 4 nitrogen and oxygen atoms in total. The van der Waals surface area contributed by atoms with Gasteiger partial charge < -0.3 is 4.74 Å². The number of Topliss-reactive ketones (excluding diaryl/α,β-unsaturated/α-hetero) is 1. The maximum absolute atomic E-state index is 12.6. The van der Waals surface area contributed by atoms with E-state index < -0.39 is 5.97 Å². The van der Waals surface area contributed by atoms with Gasteiger partial charge in [0.25, 0.3) is 0 Å². The van der Waals surface area contributed by atoms with Crippen molar-refractivity contribution in [3.8, 4) is 0 Å². The number of fused-ring (bicyclic) bond motifs is 1. The van der Waals surface area contributed by atoms with Crippen LogP contribution in [0, 0.1) is 0 Å². The van der Waals surface area contributed by atoms with Crippen LogP contribution in [0.5, 0.6) is 0 Å². The van der Waals surface area contributed by atoms with Gasteiger partial charge in [0.05, 0.1) is 12.2 Å². The fraction of sp³-hybridized carbons (Fsp3) is 0.105. The molecule has 0 atom stereocenters. The highest BCUT2D eigenvalue weighted by atomic mass is 16.5. The summed E-state index contributed by atoms with van der Waals surface area (Å²) >= 11 is 0. The molecule has 0 saturated carbocycles. The number of rotatable bonds is 3. The molecule has 0 amide bonds. The van der Waals surface area contributed by atoms with Crippen LogP contribution in [0.2, 0.25) is 0 Å². The Labute approximate surface area is 133 Å². The molecule has 0 heterocycles. The molecule has 0 aliphatic heterocycles. The summed E-state index contributed by atoms with van der Waals surface area (Å²) in [5.74, 6) is -0.793. The Morgan fingerprint density at radius 3 is 2.26 bits per heavy atom. The molecular formula is C19H14O4. The lowest BCUT2D eigenvalue weighted by molar-refractivity contribution is 0.0526. The van der Waals surface area contributed by atoms with Gasteiger partial charge in [-0.25, -0.2) is 4.79 Å². The van der Waals surface area contributed by atoms with Crippen molar-refractivity contribution in [1.82, 2.24) is 0 Å². The predicted octanol–water partition coefficient (Wildman–Crippen LogP) is 3.33. The van der Waals surface area contributed by atoms with E-state index in [1.54, 1.807) is 55.5 Å². The molecule has 0 saturated heterocycles. The highest BCUT2D eigenvalue weighted by molar-refractivity contribution is 6.38. The Morgan fingerprint density at radius 2 is 1.61 bits per heavy atom. The number of esters is 1. The first-order valence-corrected chi connectivity index (χ1v) is 7.29. The normalized spacial score (nSPS) is 13.3. The van der Waals surface area contributed by atoms with E-state index in [-0.39, 0.29) is 11.6 Å². The van der Waals surface area contributed by atoms with Crippen molar-refractivity contribution < 1.29 is 19.1 Å². The average molecular weight is 306 g/mol. The Bertz CT molecular complexity index is 829. The topological polar surface area (TPSA) is 60.4 Å². The molecular weight excluding hydrogens is 292 g/mol. The van der Waals surface area contributed by atoms with Crippen molar-refractivity contribution in [1.29, 1.82) is 0 Å². The van der Waals surface area contributed by atoms with Crippen LogP contribution in [0.25, 0.3) is 5.57 Å². The molecule has 114 valence electrons. The number of carbonyl (C=O) groups excluding carboxylic acids is 3. The summed E-state index contributed by atoms with van der Waals surface area (Å²) in [5.41, 5.74) is 2.18. The fourth-order valence-electron chi connectivity index (χ4n) is 2.53. The van der Waals surface area contributed by atoms with Crippen LogP contribution in [0.3, 0.4) is 0 Å². The lowest BCUT2D eigenvalue weighted by Gasteiger charge is -2.15. The maximum Gasteiger partial charge on any atom is 0.338 e. The van der Waals surface area contributed by atoms with E-state index >= 15 is 0 Å². The van der Waals surface area contributed by atoms with Gasteiger partial charge in [0.2, 0.25) is 0 Å². The van der Waals surface area contributed by atoms with Crippen molar-refractivity contribution in [3.05, 3.63) is 76.9 Å². The maximum atomic E-state index is 12.6. The van der Waals surface area contributed by atoms with E-state index in [1.165, 1.54) is 6.08 Å². The summed E-state index contributed by atoms with van der Waals surface area (Å²) in [4.78, 5) is 36.4. The zero-order valence-corrected chi connectivity index (χ0v) is 12.5. The summed E-state index contributed by atoms with van der Waals surface area (Å²) < 4.78 is 4.92. The standard InChI is InChI=1S/C19H14O4/c1-2-23-19(22)13-9-7-12(8-10-13)16-11-17(20)14-5-3-4-6-15(14)18(16)21/h3-11H,2H2,1H3. The Morgan fingerprint density at radius 1 is 0.957 bits per heavy atom. The van der Waals surface area contributed by atoms with Crippen LogP contribution in [-0.2, 0) is 4.74 Å². The van der Waals surface area contributed by atoms with E-state index in [4.69, 9.17) is 4.74 Å². The molecule has 0 N–H and O–H groups in total. The van der Waals surface area contributed by atoms with Gasteiger partial charge in [-0.2, -0.15) is 0 Å². The third kappa shape index (κ3) is 2.71. The van der Waals surface area contributed by atoms with Crippen molar-refractivity contribution in [3.63, 3.8) is 0 Å². The second-order valence-electron chi connectivity index (χ2n) is 5.09. The number of ether oxygens (including phenoxy) is 1. The predicted molar refractivity (Wildman–Crippen MR) is 85.5 cm³/mol. The molecule has 23 heavy (non-hydrogen) atoms. The molecule has 0 spiro atoms. The Balaban J connectivity index is 1.95. The van der Waals surface area contributed by atoms with Crippen LogP contribution < -0.4 is 0 Å². The third-order valence-corrected chi connectivity index (χ3v) is 3.66. The van der Waals surface area contributed by atoms with E-state index in [0.717, 1.165) is 0 Å². The number of benzene rings is 2. The summed E-state index contributed by atoms with van der Waals surface area (Å²) in [6.07, 6.45) is 1.35. The lowest BCUT2D eigenvalue weighted by Crippen LogP contribution is -2.16. The minimum atomic E-state index is -0.413. The van der Waals surface area contributed by atoms with Crippen molar-refractivity contribution >= 4 is 23.1 Å². The second kappa shape index (κ2) is 6.01. The van der Waals surface area contributed by atoms with Gasteiger partial charge in [-0.05, 0) is 30.7 Å². The zero-order chi connectivity index (χ0) is 16.4. The fourth-order valence-corrected chi connectivity index (χ4v) is 2.53. The minimum absolute atomic E-state index is 0.190. The number of allylic oxidation sites excluding steroid dienone is 2. The molecule has 1 aliphatic rings. The smallest absolute Gasteiger partial charge is 0.338 e. The van der Waals surface area contributed by atoms with Gasteiger partial charge in [-0.3, -0.25) is 9.59 Å². The molecule has 0 radical (unpaired) electrons. The van der Waals surface area contributed by atoms with E-state index in [2.05, 4.69) is 0 Å². The molecule has 3 rings (SSSR count). The highest BCUT2D eigenvalue weighted by Gasteiger charge is 2.25. The van der Waals surface area contributed by atoms with Crippen LogP contribution in [0.1, 0.15) is 43.6 Å². The third-order valence-electron chi connectivity index (χ3n) is 3.66. The SMILES string of the molecule is CCOC(=O)c1ccc(C2=CC(=O)c3ccccc3C2=O)cc1. The highest BCUT2D eigenvalue weighted by Crippen LogP contribution is 2.27. The van der Waals surface area contributed by atoms with E-state index in [9.17, 15) is 14.4 Å². The molecule has 1 aliphatic carbocycles. The molecule has 4 heteroatoms. The molecule has 0 bridgehead atoms. The number of carbonyl (C=O) groups is 3. The molecule has 2 aromatic rings. The number of hydrogen-bond acceptors (Lipinski definition) is 4. The van der Waals surface area contributed by atoms with Gasteiger partial charge in [0, 0.05) is 16.7 Å². The number of hydrogen-bond donors (Lipinski definition) is 0. The van der Waals surface area contributed by atoms with Crippen LogP contribution >= 0.6 is 0 Å². The van der Waals surface area contributed by atoms with Crippen molar-refractivity contribution in [2.75, 3.05) is 6.61 Å². The van der Waals surface area contributed by atoms with Gasteiger partial charge in [-0.1, -0.05) is 36.4 Å². The van der Waals surface area contributed by atoms with Gasteiger partial charge in [0.15, 0.2) is 11.6 Å². The van der Waals surface area contributed by atoms with E-state index in [0.29, 0.717) is 34.4 Å². The second-order valence-corrected chi connectivity index (χ2v) is 5.09. The lowest BCUT2D eigenvalue weighted by atomic mass is 9.86. The van der Waals surface area contributed by atoms with Crippen LogP contribution in [0.15, 0.2) is 54.6 Å². The molecule has 0 fully saturated rings. The molecule has 0 unspecified atom stereocenters. The summed E-state index contributed by atoms with van der Waals surface area (Å²) in [7, 11) is 0. The van der Waals surface area contributed by atoms with Crippen LogP contribution in [0.4, 0.5) is 0 Å². The van der Waals surface area contributed by atoms with E-state index in [1.807, 2.05) is 0 Å². The first-order chi connectivity index (χ1) is 11.1. The van der Waals surface area contributed by atoms with Gasteiger partial charge in [0.1, 0.15) is 0 Å². The van der Waals surface area contributed by atoms with Crippen molar-refractivity contribution in [2.24, 2.45) is 0 Å².